The third-order valence-electron chi connectivity index (χ3n) is 3.07. The number of rotatable bonds is 5. The molecule has 0 aliphatic heterocycles. The minimum atomic E-state index is 0.289. The van der Waals surface area contributed by atoms with Crippen LogP contribution in [0.1, 0.15) is 11.1 Å². The summed E-state index contributed by atoms with van der Waals surface area (Å²) in [7, 11) is 3.28. The van der Waals surface area contributed by atoms with Crippen LogP contribution in [0.5, 0.6) is 17.2 Å². The molecule has 0 saturated heterocycles. The number of hydrogen-bond donors (Lipinski definition) is 1. The molecular formula is C16H18O3S. The fraction of sp³-hybridized carbons (Fsp3) is 0.250. The summed E-state index contributed by atoms with van der Waals surface area (Å²) in [4.78, 5) is 1.12. The van der Waals surface area contributed by atoms with Gasteiger partial charge in [-0.2, -0.15) is 0 Å². The lowest BCUT2D eigenvalue weighted by Gasteiger charge is -2.12. The number of ether oxygens (including phenoxy) is 2. The van der Waals surface area contributed by atoms with E-state index in [1.54, 1.807) is 38.1 Å². The van der Waals surface area contributed by atoms with E-state index in [1.807, 2.05) is 24.3 Å². The van der Waals surface area contributed by atoms with Crippen molar-refractivity contribution in [1.82, 2.24) is 0 Å². The molecule has 0 radical (unpaired) electrons. The standard InChI is InChI=1S/C16H18O3S/c1-11-8-15(18-2)16(19-3)9-12(11)10-20-14-6-4-13(17)5-7-14/h4-9,17H,10H2,1-3H3. The molecule has 0 aliphatic rings. The van der Waals surface area contributed by atoms with Gasteiger partial charge in [0.2, 0.25) is 0 Å². The topological polar surface area (TPSA) is 38.7 Å². The molecule has 0 saturated carbocycles. The Kier molecular flexibility index (Phi) is 4.79. The van der Waals surface area contributed by atoms with E-state index in [2.05, 4.69) is 6.92 Å². The van der Waals surface area contributed by atoms with E-state index >= 15 is 0 Å². The highest BCUT2D eigenvalue weighted by Gasteiger charge is 2.08. The molecule has 2 rings (SSSR count). The number of thioether (sulfide) groups is 1. The van der Waals surface area contributed by atoms with Gasteiger partial charge in [0.15, 0.2) is 11.5 Å². The normalized spacial score (nSPS) is 10.3. The predicted molar refractivity (Wildman–Crippen MR) is 82.0 cm³/mol. The van der Waals surface area contributed by atoms with E-state index in [4.69, 9.17) is 9.47 Å². The number of methoxy groups -OCH3 is 2. The van der Waals surface area contributed by atoms with Crippen LogP contribution in [0, 0.1) is 6.92 Å². The first-order valence-electron chi connectivity index (χ1n) is 6.27. The number of aromatic hydroxyl groups is 1. The smallest absolute Gasteiger partial charge is 0.161 e. The SMILES string of the molecule is COc1cc(C)c(CSc2ccc(O)cc2)cc1OC. The Morgan fingerprint density at radius 2 is 1.60 bits per heavy atom. The molecule has 0 aromatic heterocycles. The van der Waals surface area contributed by atoms with Crippen LogP contribution in [0.25, 0.3) is 0 Å². The third-order valence-corrected chi connectivity index (χ3v) is 4.13. The highest BCUT2D eigenvalue weighted by Crippen LogP contribution is 2.33. The summed E-state index contributed by atoms with van der Waals surface area (Å²) in [5.74, 6) is 2.64. The van der Waals surface area contributed by atoms with Crippen LogP contribution in [0.3, 0.4) is 0 Å². The zero-order valence-electron chi connectivity index (χ0n) is 11.8. The maximum absolute atomic E-state index is 9.27. The lowest BCUT2D eigenvalue weighted by molar-refractivity contribution is 0.354. The molecule has 0 aliphatic carbocycles. The molecule has 4 heteroatoms. The van der Waals surface area contributed by atoms with E-state index in [0.717, 1.165) is 22.1 Å². The first-order chi connectivity index (χ1) is 9.63. The summed E-state index contributed by atoms with van der Waals surface area (Å²) in [6, 6.07) is 11.2. The molecule has 106 valence electrons. The molecule has 0 bridgehead atoms. The second-order valence-corrected chi connectivity index (χ2v) is 5.47. The van der Waals surface area contributed by atoms with Gasteiger partial charge in [-0.25, -0.2) is 0 Å². The summed E-state index contributed by atoms with van der Waals surface area (Å²) in [5, 5.41) is 9.27. The van der Waals surface area contributed by atoms with E-state index in [1.165, 1.54) is 11.1 Å². The Hall–Kier alpha value is -1.81. The lowest BCUT2D eigenvalue weighted by Crippen LogP contribution is -1.95. The van der Waals surface area contributed by atoms with Crippen molar-refractivity contribution in [1.29, 1.82) is 0 Å². The zero-order valence-corrected chi connectivity index (χ0v) is 12.7. The quantitative estimate of drug-likeness (QED) is 0.844. The molecule has 0 amide bonds. The van der Waals surface area contributed by atoms with Crippen molar-refractivity contribution in [3.8, 4) is 17.2 Å². The van der Waals surface area contributed by atoms with Gasteiger partial charge in [0.25, 0.3) is 0 Å². The van der Waals surface area contributed by atoms with E-state index in [9.17, 15) is 5.11 Å². The lowest BCUT2D eigenvalue weighted by atomic mass is 10.1. The van der Waals surface area contributed by atoms with Crippen molar-refractivity contribution in [2.24, 2.45) is 0 Å². The molecule has 20 heavy (non-hydrogen) atoms. The van der Waals surface area contributed by atoms with Gasteiger partial charge in [-0.3, -0.25) is 0 Å². The Labute approximate surface area is 123 Å². The molecule has 0 heterocycles. The molecule has 0 unspecified atom stereocenters. The van der Waals surface area contributed by atoms with Crippen molar-refractivity contribution in [2.45, 2.75) is 17.6 Å². The largest absolute Gasteiger partial charge is 0.508 e. The molecule has 2 aromatic rings. The molecule has 0 fully saturated rings. The summed E-state index contributed by atoms with van der Waals surface area (Å²) >= 11 is 1.72. The molecular weight excluding hydrogens is 272 g/mol. The van der Waals surface area contributed by atoms with Gasteiger partial charge in [-0.05, 0) is 54.4 Å². The fourth-order valence-corrected chi connectivity index (χ4v) is 2.84. The van der Waals surface area contributed by atoms with Crippen molar-refractivity contribution >= 4 is 11.8 Å². The third kappa shape index (κ3) is 3.39. The van der Waals surface area contributed by atoms with Gasteiger partial charge < -0.3 is 14.6 Å². The van der Waals surface area contributed by atoms with Gasteiger partial charge in [0.05, 0.1) is 14.2 Å². The van der Waals surface area contributed by atoms with Gasteiger partial charge in [0.1, 0.15) is 5.75 Å². The predicted octanol–water partition coefficient (Wildman–Crippen LogP) is 4.01. The molecule has 1 N–H and O–H groups in total. The average Bonchev–Trinajstić information content (AvgIpc) is 2.47. The molecule has 3 nitrogen and oxygen atoms in total. The van der Waals surface area contributed by atoms with Crippen LogP contribution in [-0.2, 0) is 5.75 Å². The number of hydrogen-bond acceptors (Lipinski definition) is 4. The van der Waals surface area contributed by atoms with Gasteiger partial charge in [0, 0.05) is 10.6 Å². The van der Waals surface area contributed by atoms with Crippen LogP contribution in [0.15, 0.2) is 41.3 Å². The van der Waals surface area contributed by atoms with Gasteiger partial charge >= 0.3 is 0 Å². The molecule has 2 aromatic carbocycles. The Bertz CT molecular complexity index is 579. The van der Waals surface area contributed by atoms with E-state index < -0.39 is 0 Å². The number of benzene rings is 2. The van der Waals surface area contributed by atoms with E-state index in [-0.39, 0.29) is 5.75 Å². The number of aryl methyl sites for hydroxylation is 1. The number of phenolic OH excluding ortho intramolecular Hbond substituents is 1. The highest BCUT2D eigenvalue weighted by atomic mass is 32.2. The molecule has 0 atom stereocenters. The first kappa shape index (κ1) is 14.6. The number of phenols is 1. The fourth-order valence-electron chi connectivity index (χ4n) is 1.88. The monoisotopic (exact) mass is 290 g/mol. The van der Waals surface area contributed by atoms with E-state index in [0.29, 0.717) is 0 Å². The van der Waals surface area contributed by atoms with Crippen LogP contribution in [0.2, 0.25) is 0 Å². The summed E-state index contributed by atoms with van der Waals surface area (Å²) < 4.78 is 10.6. The van der Waals surface area contributed by atoms with Crippen molar-refractivity contribution in [2.75, 3.05) is 14.2 Å². The van der Waals surface area contributed by atoms with Crippen LogP contribution in [-0.4, -0.2) is 19.3 Å². The summed E-state index contributed by atoms with van der Waals surface area (Å²) in [6.07, 6.45) is 0. The van der Waals surface area contributed by atoms with Crippen molar-refractivity contribution in [3.05, 3.63) is 47.5 Å². The molecule has 0 spiro atoms. The van der Waals surface area contributed by atoms with Crippen LogP contribution in [0.4, 0.5) is 0 Å². The Balaban J connectivity index is 2.14. The summed E-state index contributed by atoms with van der Waals surface area (Å²) in [6.45, 7) is 2.06. The van der Waals surface area contributed by atoms with Gasteiger partial charge in [-0.1, -0.05) is 0 Å². The van der Waals surface area contributed by atoms with Crippen LogP contribution < -0.4 is 9.47 Å². The first-order valence-corrected chi connectivity index (χ1v) is 7.26. The van der Waals surface area contributed by atoms with Crippen molar-refractivity contribution in [3.63, 3.8) is 0 Å². The Morgan fingerprint density at radius 3 is 2.20 bits per heavy atom. The highest BCUT2D eigenvalue weighted by molar-refractivity contribution is 7.98. The minimum absolute atomic E-state index is 0.289. The maximum atomic E-state index is 9.27. The second kappa shape index (κ2) is 6.57. The summed E-state index contributed by atoms with van der Waals surface area (Å²) in [5.41, 5.74) is 2.38. The van der Waals surface area contributed by atoms with Crippen LogP contribution >= 0.6 is 11.8 Å². The zero-order chi connectivity index (χ0) is 14.5. The Morgan fingerprint density at radius 1 is 1.00 bits per heavy atom. The van der Waals surface area contributed by atoms with Gasteiger partial charge in [-0.15, -0.1) is 11.8 Å². The minimum Gasteiger partial charge on any atom is -0.508 e. The maximum Gasteiger partial charge on any atom is 0.161 e. The second-order valence-electron chi connectivity index (χ2n) is 4.42. The average molecular weight is 290 g/mol. The van der Waals surface area contributed by atoms with Crippen molar-refractivity contribution < 1.29 is 14.6 Å².